The number of carbonyl (C=O) groups is 1. The number of aromatic nitrogens is 2. The fraction of sp³-hybridized carbons (Fsp3) is 0.357. The van der Waals surface area contributed by atoms with Crippen LogP contribution < -0.4 is 5.32 Å². The zero-order valence-corrected chi connectivity index (χ0v) is 11.9. The molecule has 4 nitrogen and oxygen atoms in total. The first-order chi connectivity index (χ1) is 9.19. The summed E-state index contributed by atoms with van der Waals surface area (Å²) in [4.78, 5) is 20.3. The van der Waals surface area contributed by atoms with Crippen LogP contribution in [0.5, 0.6) is 0 Å². The van der Waals surface area contributed by atoms with E-state index in [1.807, 2.05) is 19.2 Å². The first-order valence-electron chi connectivity index (χ1n) is 6.32. The summed E-state index contributed by atoms with van der Waals surface area (Å²) in [5.74, 6) is 0.633. The Hall–Kier alpha value is -1.75. The Morgan fingerprint density at radius 3 is 2.74 bits per heavy atom. The number of rotatable bonds is 5. The van der Waals surface area contributed by atoms with Crippen molar-refractivity contribution in [3.8, 4) is 0 Å². The Bertz CT molecular complexity index is 522. The van der Waals surface area contributed by atoms with Crippen LogP contribution in [0, 0.1) is 0 Å². The van der Waals surface area contributed by atoms with Crippen LogP contribution in [0.4, 0.5) is 0 Å². The molecule has 0 spiro atoms. The number of hydrogen-bond acceptors (Lipinski definition) is 4. The van der Waals surface area contributed by atoms with E-state index < -0.39 is 0 Å². The van der Waals surface area contributed by atoms with E-state index in [1.54, 1.807) is 23.7 Å². The van der Waals surface area contributed by atoms with Gasteiger partial charge in [-0.15, -0.1) is 0 Å². The van der Waals surface area contributed by atoms with Crippen molar-refractivity contribution in [1.82, 2.24) is 15.3 Å². The van der Waals surface area contributed by atoms with E-state index in [-0.39, 0.29) is 11.9 Å². The summed E-state index contributed by atoms with van der Waals surface area (Å²) < 4.78 is 0. The fourth-order valence-corrected chi connectivity index (χ4v) is 2.46. The Morgan fingerprint density at radius 1 is 1.42 bits per heavy atom. The van der Waals surface area contributed by atoms with E-state index in [0.717, 1.165) is 18.7 Å². The van der Waals surface area contributed by atoms with Crippen LogP contribution in [0.15, 0.2) is 29.2 Å². The van der Waals surface area contributed by atoms with Crippen LogP contribution >= 0.6 is 11.3 Å². The molecule has 1 atom stereocenters. The van der Waals surface area contributed by atoms with Crippen LogP contribution in [-0.4, -0.2) is 21.9 Å². The second-order valence-electron chi connectivity index (χ2n) is 4.45. The minimum atomic E-state index is -0.120. The molecule has 2 heterocycles. The van der Waals surface area contributed by atoms with Gasteiger partial charge in [0.1, 0.15) is 5.82 Å². The maximum atomic E-state index is 12.0. The van der Waals surface area contributed by atoms with Crippen LogP contribution in [0.2, 0.25) is 0 Å². The second-order valence-corrected chi connectivity index (χ2v) is 5.23. The average Bonchev–Trinajstić information content (AvgIpc) is 2.91. The summed E-state index contributed by atoms with van der Waals surface area (Å²) in [5.41, 5.74) is 1.75. The summed E-state index contributed by atoms with van der Waals surface area (Å²) in [6, 6.07) is 2.17. The highest BCUT2D eigenvalue weighted by Gasteiger charge is 2.11. The Labute approximate surface area is 116 Å². The summed E-state index contributed by atoms with van der Waals surface area (Å²) >= 11 is 1.67. The molecule has 2 aromatic heterocycles. The van der Waals surface area contributed by atoms with Gasteiger partial charge in [0, 0.05) is 24.9 Å². The lowest BCUT2D eigenvalue weighted by Gasteiger charge is -2.12. The third-order valence-corrected chi connectivity index (χ3v) is 3.52. The van der Waals surface area contributed by atoms with E-state index >= 15 is 0 Å². The van der Waals surface area contributed by atoms with E-state index in [2.05, 4.69) is 26.7 Å². The van der Waals surface area contributed by atoms with Crippen molar-refractivity contribution in [2.75, 3.05) is 0 Å². The molecule has 2 aromatic rings. The van der Waals surface area contributed by atoms with Crippen LogP contribution in [-0.2, 0) is 12.8 Å². The molecule has 0 fully saturated rings. The van der Waals surface area contributed by atoms with Gasteiger partial charge in [-0.25, -0.2) is 9.97 Å². The number of amides is 1. The molecule has 0 bridgehead atoms. The highest BCUT2D eigenvalue weighted by Crippen LogP contribution is 2.09. The summed E-state index contributed by atoms with van der Waals surface area (Å²) in [6.45, 7) is 3.98. The molecule has 1 amide bonds. The molecule has 0 aliphatic heterocycles. The van der Waals surface area contributed by atoms with Crippen molar-refractivity contribution < 1.29 is 4.79 Å². The molecule has 0 radical (unpaired) electrons. The van der Waals surface area contributed by atoms with Crippen molar-refractivity contribution >= 4 is 17.2 Å². The average molecular weight is 275 g/mol. The number of nitrogens with zero attached hydrogens (tertiary/aromatic N) is 2. The number of carbonyl (C=O) groups excluding carboxylic acids is 1. The molecule has 1 N–H and O–H groups in total. The first-order valence-corrected chi connectivity index (χ1v) is 7.26. The van der Waals surface area contributed by atoms with Gasteiger partial charge in [-0.2, -0.15) is 11.3 Å². The van der Waals surface area contributed by atoms with Gasteiger partial charge >= 0.3 is 0 Å². The zero-order valence-electron chi connectivity index (χ0n) is 11.1. The standard InChI is InChI=1S/C14H17N3OS/c1-3-13-15-7-12(8-16-13)14(18)17-10(2)6-11-4-5-19-9-11/h4-5,7-10H,3,6H2,1-2H3,(H,17,18)/t10-/m1/s1. The monoisotopic (exact) mass is 275 g/mol. The number of hydrogen-bond donors (Lipinski definition) is 1. The zero-order chi connectivity index (χ0) is 13.7. The van der Waals surface area contributed by atoms with E-state index in [1.165, 1.54) is 5.56 Å². The van der Waals surface area contributed by atoms with Gasteiger partial charge in [-0.1, -0.05) is 6.92 Å². The Kier molecular flexibility index (Phi) is 4.63. The molecule has 5 heteroatoms. The van der Waals surface area contributed by atoms with Gasteiger partial charge in [-0.3, -0.25) is 4.79 Å². The van der Waals surface area contributed by atoms with Gasteiger partial charge < -0.3 is 5.32 Å². The molecule has 0 aromatic carbocycles. The van der Waals surface area contributed by atoms with E-state index in [9.17, 15) is 4.79 Å². The van der Waals surface area contributed by atoms with Crippen molar-refractivity contribution in [2.45, 2.75) is 32.7 Å². The maximum Gasteiger partial charge on any atom is 0.254 e. The minimum Gasteiger partial charge on any atom is -0.349 e. The molecule has 19 heavy (non-hydrogen) atoms. The largest absolute Gasteiger partial charge is 0.349 e. The maximum absolute atomic E-state index is 12.0. The molecule has 0 saturated heterocycles. The highest BCUT2D eigenvalue weighted by molar-refractivity contribution is 7.07. The van der Waals surface area contributed by atoms with Crippen LogP contribution in [0.1, 0.15) is 35.6 Å². The molecule has 0 unspecified atom stereocenters. The van der Waals surface area contributed by atoms with Crippen LogP contribution in [0.3, 0.4) is 0 Å². The predicted octanol–water partition coefficient (Wildman–Crippen LogP) is 2.46. The minimum absolute atomic E-state index is 0.0907. The molecule has 100 valence electrons. The van der Waals surface area contributed by atoms with Gasteiger partial charge in [0.15, 0.2) is 0 Å². The van der Waals surface area contributed by atoms with Gasteiger partial charge in [-0.05, 0) is 35.7 Å². The quantitative estimate of drug-likeness (QED) is 0.912. The third kappa shape index (κ3) is 3.86. The summed E-state index contributed by atoms with van der Waals surface area (Å²) in [6.07, 6.45) is 4.77. The van der Waals surface area contributed by atoms with E-state index in [0.29, 0.717) is 5.56 Å². The van der Waals surface area contributed by atoms with E-state index in [4.69, 9.17) is 0 Å². The molecular weight excluding hydrogens is 258 g/mol. The van der Waals surface area contributed by atoms with Crippen molar-refractivity contribution in [3.63, 3.8) is 0 Å². The second kappa shape index (κ2) is 6.43. The van der Waals surface area contributed by atoms with Gasteiger partial charge in [0.05, 0.1) is 5.56 Å². The molecule has 0 aliphatic carbocycles. The topological polar surface area (TPSA) is 54.9 Å². The third-order valence-electron chi connectivity index (χ3n) is 2.78. The van der Waals surface area contributed by atoms with Crippen LogP contribution in [0.25, 0.3) is 0 Å². The van der Waals surface area contributed by atoms with Gasteiger partial charge in [0.25, 0.3) is 5.91 Å². The number of nitrogens with one attached hydrogen (secondary N) is 1. The van der Waals surface area contributed by atoms with Crippen molar-refractivity contribution in [2.24, 2.45) is 0 Å². The molecule has 0 saturated carbocycles. The SMILES string of the molecule is CCc1ncc(C(=O)N[C@H](C)Cc2ccsc2)cn1. The molecular formula is C14H17N3OS. The molecule has 0 aliphatic rings. The molecule has 2 rings (SSSR count). The first kappa shape index (κ1) is 13.7. The summed E-state index contributed by atoms with van der Waals surface area (Å²) in [5, 5.41) is 7.10. The number of thiophene rings is 1. The Balaban J connectivity index is 1.92. The lowest BCUT2D eigenvalue weighted by Crippen LogP contribution is -2.34. The fourth-order valence-electron chi connectivity index (χ4n) is 1.78. The normalized spacial score (nSPS) is 12.1. The van der Waals surface area contributed by atoms with Gasteiger partial charge in [0.2, 0.25) is 0 Å². The predicted molar refractivity (Wildman–Crippen MR) is 76.4 cm³/mol. The highest BCUT2D eigenvalue weighted by atomic mass is 32.1. The van der Waals surface area contributed by atoms with Crippen molar-refractivity contribution in [1.29, 1.82) is 0 Å². The Morgan fingerprint density at radius 2 is 2.16 bits per heavy atom. The smallest absolute Gasteiger partial charge is 0.254 e. The van der Waals surface area contributed by atoms with Crippen molar-refractivity contribution in [3.05, 3.63) is 46.2 Å². The number of aryl methyl sites for hydroxylation is 1. The summed E-state index contributed by atoms with van der Waals surface area (Å²) in [7, 11) is 0. The lowest BCUT2D eigenvalue weighted by molar-refractivity contribution is 0.0939. The lowest BCUT2D eigenvalue weighted by atomic mass is 10.1.